The number of pyridine rings is 1. The molecule has 2 aromatic rings. The number of ether oxygens (including phenoxy) is 1. The molecular formula is C17H25N5O2. The van der Waals surface area contributed by atoms with Gasteiger partial charge in [0.1, 0.15) is 11.3 Å². The van der Waals surface area contributed by atoms with E-state index in [1.165, 1.54) is 0 Å². The average molecular weight is 331 g/mol. The molecule has 1 N–H and O–H groups in total. The molecule has 0 aliphatic carbocycles. The van der Waals surface area contributed by atoms with E-state index in [-0.39, 0.29) is 12.1 Å². The molecule has 0 aromatic carbocycles. The van der Waals surface area contributed by atoms with E-state index in [4.69, 9.17) is 4.74 Å². The zero-order chi connectivity index (χ0) is 16.9. The number of aromatic nitrogens is 3. The minimum absolute atomic E-state index is 0.00373. The van der Waals surface area contributed by atoms with Crippen LogP contribution in [0, 0.1) is 0 Å². The van der Waals surface area contributed by atoms with Gasteiger partial charge in [-0.1, -0.05) is 6.92 Å². The van der Waals surface area contributed by atoms with Crippen LogP contribution in [0.5, 0.6) is 0 Å². The van der Waals surface area contributed by atoms with Crippen LogP contribution in [0.25, 0.3) is 11.2 Å². The lowest BCUT2D eigenvalue weighted by Crippen LogP contribution is -2.39. The second kappa shape index (κ2) is 7.61. The Hall–Kier alpha value is -2.15. The summed E-state index contributed by atoms with van der Waals surface area (Å²) >= 11 is 0. The van der Waals surface area contributed by atoms with Crippen molar-refractivity contribution < 1.29 is 9.53 Å². The molecule has 0 radical (unpaired) electrons. The van der Waals surface area contributed by atoms with Gasteiger partial charge in [-0.2, -0.15) is 0 Å². The highest BCUT2D eigenvalue weighted by Crippen LogP contribution is 2.27. The van der Waals surface area contributed by atoms with Gasteiger partial charge in [0, 0.05) is 46.0 Å². The van der Waals surface area contributed by atoms with Crippen LogP contribution in [0.2, 0.25) is 0 Å². The summed E-state index contributed by atoms with van der Waals surface area (Å²) in [4.78, 5) is 23.3. The molecule has 0 unspecified atom stereocenters. The Labute approximate surface area is 142 Å². The fourth-order valence-electron chi connectivity index (χ4n) is 3.27. The summed E-state index contributed by atoms with van der Waals surface area (Å²) in [7, 11) is 1.67. The van der Waals surface area contributed by atoms with Crippen LogP contribution >= 0.6 is 0 Å². The first-order chi connectivity index (χ1) is 11.7. The molecule has 1 aliphatic heterocycles. The van der Waals surface area contributed by atoms with Gasteiger partial charge in [0.25, 0.3) is 0 Å². The van der Waals surface area contributed by atoms with Crippen LogP contribution in [0.4, 0.5) is 4.79 Å². The van der Waals surface area contributed by atoms with Crippen molar-refractivity contribution >= 4 is 17.2 Å². The fraction of sp³-hybridized carbons (Fsp3) is 0.588. The van der Waals surface area contributed by atoms with E-state index in [1.54, 1.807) is 13.3 Å². The molecule has 1 fully saturated rings. The minimum atomic E-state index is 0.00373. The summed E-state index contributed by atoms with van der Waals surface area (Å²) in [5, 5.41) is 2.96. The smallest absolute Gasteiger partial charge is 0.317 e. The molecule has 0 bridgehead atoms. The zero-order valence-corrected chi connectivity index (χ0v) is 14.4. The summed E-state index contributed by atoms with van der Waals surface area (Å²) in [6.45, 7) is 4.87. The van der Waals surface area contributed by atoms with Crippen molar-refractivity contribution in [2.75, 3.05) is 33.4 Å². The van der Waals surface area contributed by atoms with Crippen LogP contribution in [0.15, 0.2) is 18.3 Å². The van der Waals surface area contributed by atoms with E-state index >= 15 is 0 Å². The first kappa shape index (κ1) is 16.7. The summed E-state index contributed by atoms with van der Waals surface area (Å²) in [5.41, 5.74) is 1.85. The third-order valence-corrected chi connectivity index (χ3v) is 4.46. The van der Waals surface area contributed by atoms with Gasteiger partial charge >= 0.3 is 6.03 Å². The average Bonchev–Trinajstić information content (AvgIpc) is 3.22. The highest BCUT2D eigenvalue weighted by atomic mass is 16.5. The zero-order valence-electron chi connectivity index (χ0n) is 14.4. The number of amides is 2. The van der Waals surface area contributed by atoms with Gasteiger partial charge in [0.05, 0.1) is 6.04 Å². The number of methoxy groups -OCH3 is 1. The number of imidazole rings is 1. The Balaban J connectivity index is 1.68. The maximum atomic E-state index is 12.3. The van der Waals surface area contributed by atoms with Gasteiger partial charge in [-0.25, -0.2) is 14.8 Å². The van der Waals surface area contributed by atoms with Crippen molar-refractivity contribution in [2.45, 2.75) is 32.2 Å². The molecule has 0 spiro atoms. The first-order valence-electron chi connectivity index (χ1n) is 8.58. The largest absolute Gasteiger partial charge is 0.385 e. The van der Waals surface area contributed by atoms with Gasteiger partial charge in [-0.15, -0.1) is 0 Å². The Bertz CT molecular complexity index is 699. The predicted molar refractivity (Wildman–Crippen MR) is 92.0 cm³/mol. The van der Waals surface area contributed by atoms with Crippen molar-refractivity contribution in [3.63, 3.8) is 0 Å². The Kier molecular flexibility index (Phi) is 5.30. The molecule has 2 aromatic heterocycles. The monoisotopic (exact) mass is 331 g/mol. The maximum Gasteiger partial charge on any atom is 0.317 e. The molecule has 1 atom stereocenters. The van der Waals surface area contributed by atoms with E-state index in [0.29, 0.717) is 19.7 Å². The Morgan fingerprint density at radius 3 is 3.17 bits per heavy atom. The van der Waals surface area contributed by atoms with Crippen molar-refractivity contribution in [3.8, 4) is 0 Å². The second-order valence-electron chi connectivity index (χ2n) is 6.06. The lowest BCUT2D eigenvalue weighted by atomic mass is 10.2. The molecule has 3 heterocycles. The molecule has 7 nitrogen and oxygen atoms in total. The molecular weight excluding hydrogens is 306 g/mol. The van der Waals surface area contributed by atoms with Crippen LogP contribution in [-0.2, 0) is 11.2 Å². The first-order valence-corrected chi connectivity index (χ1v) is 8.58. The number of aryl methyl sites for hydroxylation is 1. The molecule has 1 saturated heterocycles. The molecule has 1 aliphatic rings. The molecule has 24 heavy (non-hydrogen) atoms. The lowest BCUT2D eigenvalue weighted by Gasteiger charge is -2.19. The van der Waals surface area contributed by atoms with E-state index in [1.807, 2.05) is 17.0 Å². The fourth-order valence-corrected chi connectivity index (χ4v) is 3.27. The third kappa shape index (κ3) is 3.36. The van der Waals surface area contributed by atoms with Gasteiger partial charge < -0.3 is 19.5 Å². The number of carbonyl (C=O) groups is 1. The van der Waals surface area contributed by atoms with Gasteiger partial charge in [0.2, 0.25) is 0 Å². The Morgan fingerprint density at radius 2 is 2.38 bits per heavy atom. The van der Waals surface area contributed by atoms with Crippen LogP contribution in [0.1, 0.15) is 31.6 Å². The number of hydrogen-bond acceptors (Lipinski definition) is 4. The third-order valence-electron chi connectivity index (χ3n) is 4.46. The predicted octanol–water partition coefficient (Wildman–Crippen LogP) is 1.99. The number of fused-ring (bicyclic) bond motifs is 1. The van der Waals surface area contributed by atoms with E-state index in [2.05, 4.69) is 26.8 Å². The highest BCUT2D eigenvalue weighted by Gasteiger charge is 2.29. The number of nitrogens with zero attached hydrogens (tertiary/aromatic N) is 4. The summed E-state index contributed by atoms with van der Waals surface area (Å²) < 4.78 is 7.22. The van der Waals surface area contributed by atoms with Crippen LogP contribution in [-0.4, -0.2) is 58.8 Å². The van der Waals surface area contributed by atoms with Crippen molar-refractivity contribution in [1.29, 1.82) is 0 Å². The highest BCUT2D eigenvalue weighted by molar-refractivity contribution is 5.75. The van der Waals surface area contributed by atoms with Crippen molar-refractivity contribution in [3.05, 3.63) is 24.2 Å². The van der Waals surface area contributed by atoms with E-state index in [0.717, 1.165) is 42.8 Å². The molecule has 0 saturated carbocycles. The van der Waals surface area contributed by atoms with Crippen LogP contribution < -0.4 is 5.32 Å². The topological polar surface area (TPSA) is 72.3 Å². The van der Waals surface area contributed by atoms with Gasteiger partial charge in [-0.05, 0) is 25.0 Å². The normalized spacial score (nSPS) is 17.6. The maximum absolute atomic E-state index is 12.3. The van der Waals surface area contributed by atoms with Gasteiger partial charge in [-0.3, -0.25) is 0 Å². The number of carbonyl (C=O) groups excluding carboxylic acids is 1. The van der Waals surface area contributed by atoms with Crippen molar-refractivity contribution in [2.24, 2.45) is 0 Å². The quantitative estimate of drug-likeness (QED) is 0.822. The van der Waals surface area contributed by atoms with Crippen LogP contribution in [0.3, 0.4) is 0 Å². The Morgan fingerprint density at radius 1 is 1.50 bits per heavy atom. The standard InChI is InChI=1S/C17H25N5O2/c1-3-15-20-14-6-4-8-18-16(14)22(15)13-7-10-21(12-13)17(23)19-9-5-11-24-2/h4,6,8,13H,3,5,7,9-12H2,1-2H3,(H,19,23)/t13-/m0/s1. The number of rotatable bonds is 6. The van der Waals surface area contributed by atoms with Crippen molar-refractivity contribution in [1.82, 2.24) is 24.8 Å². The van der Waals surface area contributed by atoms with E-state index in [9.17, 15) is 4.79 Å². The molecule has 2 amide bonds. The number of nitrogens with one attached hydrogen (secondary N) is 1. The number of likely N-dealkylation sites (tertiary alicyclic amines) is 1. The molecule has 130 valence electrons. The summed E-state index contributed by atoms with van der Waals surface area (Å²) in [6.07, 6.45) is 4.42. The number of hydrogen-bond donors (Lipinski definition) is 1. The molecule has 7 heteroatoms. The van der Waals surface area contributed by atoms with E-state index < -0.39 is 0 Å². The van der Waals surface area contributed by atoms with Gasteiger partial charge in [0.15, 0.2) is 5.65 Å². The number of urea groups is 1. The minimum Gasteiger partial charge on any atom is -0.385 e. The lowest BCUT2D eigenvalue weighted by molar-refractivity contribution is 0.188. The molecule has 3 rings (SSSR count). The summed E-state index contributed by atoms with van der Waals surface area (Å²) in [5.74, 6) is 1.04. The summed E-state index contributed by atoms with van der Waals surface area (Å²) in [6, 6.07) is 4.15. The SMILES string of the molecule is CCc1nc2cccnc2n1[C@H]1CCN(C(=O)NCCCOC)C1. The second-order valence-corrected chi connectivity index (χ2v) is 6.06.